The van der Waals surface area contributed by atoms with Crippen molar-refractivity contribution in [2.45, 2.75) is 12.5 Å². The fraction of sp³-hybridized carbons (Fsp3) is 0.455. The number of fused-ring (bicyclic) bond motifs is 1. The molecule has 0 unspecified atom stereocenters. The van der Waals surface area contributed by atoms with Crippen molar-refractivity contribution in [3.05, 3.63) is 11.6 Å². The zero-order chi connectivity index (χ0) is 11.8. The second-order valence-corrected chi connectivity index (χ2v) is 5.19. The summed E-state index contributed by atoms with van der Waals surface area (Å²) in [6, 6.07) is 0.573. The minimum atomic E-state index is 0.349. The van der Waals surface area contributed by atoms with E-state index in [1.165, 1.54) is 12.1 Å². The predicted octanol–water partition coefficient (Wildman–Crippen LogP) is 1.07. The summed E-state index contributed by atoms with van der Waals surface area (Å²) in [5, 5.41) is 5.47. The molecule has 6 heteroatoms. The first kappa shape index (κ1) is 10.7. The van der Waals surface area contributed by atoms with E-state index in [1.54, 1.807) is 17.5 Å². The van der Waals surface area contributed by atoms with Gasteiger partial charge < -0.3 is 16.0 Å². The van der Waals surface area contributed by atoms with Crippen LogP contribution in [0.5, 0.6) is 0 Å². The standard InChI is InChI=1S/C11H15N5S/c1-13-7-2-3-16(5-7)8-6-17-9-4-14-11(12)15-10(8)9/h4,6-7,13H,2-3,5H2,1H3,(H2,12,14,15)/t7-/m1/s1. The highest BCUT2D eigenvalue weighted by molar-refractivity contribution is 7.17. The number of rotatable bonds is 2. The van der Waals surface area contributed by atoms with Gasteiger partial charge in [-0.3, -0.25) is 0 Å². The summed E-state index contributed by atoms with van der Waals surface area (Å²) in [4.78, 5) is 10.7. The number of nitrogens with two attached hydrogens (primary N) is 1. The Morgan fingerprint density at radius 1 is 1.59 bits per heavy atom. The van der Waals surface area contributed by atoms with Crippen LogP contribution in [0.1, 0.15) is 6.42 Å². The molecule has 5 nitrogen and oxygen atoms in total. The van der Waals surface area contributed by atoms with Crippen LogP contribution in [0.3, 0.4) is 0 Å². The zero-order valence-electron chi connectivity index (χ0n) is 9.68. The molecular weight excluding hydrogens is 234 g/mol. The SMILES string of the molecule is CN[C@@H]1CCN(c2csc3cnc(N)nc23)C1. The Morgan fingerprint density at radius 2 is 2.47 bits per heavy atom. The fourth-order valence-corrected chi connectivity index (χ4v) is 3.14. The lowest BCUT2D eigenvalue weighted by atomic mass is 10.3. The first-order chi connectivity index (χ1) is 8.28. The molecule has 3 heterocycles. The Kier molecular flexibility index (Phi) is 2.60. The second-order valence-electron chi connectivity index (χ2n) is 4.28. The molecule has 3 N–H and O–H groups in total. The molecule has 2 aromatic heterocycles. The van der Waals surface area contributed by atoms with Gasteiger partial charge in [0.25, 0.3) is 0 Å². The number of hydrogen-bond donors (Lipinski definition) is 2. The van der Waals surface area contributed by atoms with Gasteiger partial charge in [-0.1, -0.05) is 0 Å². The van der Waals surface area contributed by atoms with Gasteiger partial charge in [0.1, 0.15) is 5.52 Å². The van der Waals surface area contributed by atoms with Crippen LogP contribution < -0.4 is 16.0 Å². The van der Waals surface area contributed by atoms with Crippen molar-refractivity contribution in [1.82, 2.24) is 15.3 Å². The molecule has 0 aliphatic carbocycles. The number of anilines is 2. The highest BCUT2D eigenvalue weighted by Gasteiger charge is 2.23. The van der Waals surface area contributed by atoms with E-state index in [-0.39, 0.29) is 0 Å². The van der Waals surface area contributed by atoms with Crippen molar-refractivity contribution in [1.29, 1.82) is 0 Å². The maximum Gasteiger partial charge on any atom is 0.220 e. The van der Waals surface area contributed by atoms with Gasteiger partial charge in [0, 0.05) is 24.5 Å². The molecule has 1 aliphatic rings. The molecule has 1 fully saturated rings. The van der Waals surface area contributed by atoms with Crippen LogP contribution in [0.25, 0.3) is 10.2 Å². The van der Waals surface area contributed by atoms with E-state index < -0.39 is 0 Å². The third kappa shape index (κ3) is 1.83. The van der Waals surface area contributed by atoms with E-state index in [0.29, 0.717) is 12.0 Å². The van der Waals surface area contributed by atoms with Gasteiger partial charge >= 0.3 is 0 Å². The highest BCUT2D eigenvalue weighted by Crippen LogP contribution is 2.33. The van der Waals surface area contributed by atoms with Crippen molar-refractivity contribution in [2.24, 2.45) is 0 Å². The molecule has 0 radical (unpaired) electrons. The average molecular weight is 249 g/mol. The number of hydrogen-bond acceptors (Lipinski definition) is 6. The van der Waals surface area contributed by atoms with E-state index in [9.17, 15) is 0 Å². The third-order valence-electron chi connectivity index (χ3n) is 3.25. The lowest BCUT2D eigenvalue weighted by molar-refractivity contribution is 0.617. The average Bonchev–Trinajstić information content (AvgIpc) is 2.93. The molecule has 2 aromatic rings. The number of likely N-dealkylation sites (N-methyl/N-ethyl adjacent to an activating group) is 1. The van der Waals surface area contributed by atoms with Crippen LogP contribution in [0.2, 0.25) is 0 Å². The van der Waals surface area contributed by atoms with Gasteiger partial charge in [0.15, 0.2) is 0 Å². The summed E-state index contributed by atoms with van der Waals surface area (Å²) in [7, 11) is 2.01. The smallest absolute Gasteiger partial charge is 0.220 e. The number of aromatic nitrogens is 2. The molecule has 0 bridgehead atoms. The zero-order valence-corrected chi connectivity index (χ0v) is 10.5. The molecule has 90 valence electrons. The van der Waals surface area contributed by atoms with E-state index in [0.717, 1.165) is 23.3 Å². The van der Waals surface area contributed by atoms with Gasteiger partial charge in [-0.2, -0.15) is 0 Å². The van der Waals surface area contributed by atoms with E-state index in [2.05, 4.69) is 25.6 Å². The Balaban J connectivity index is 1.98. The molecule has 1 aliphatic heterocycles. The Morgan fingerprint density at radius 3 is 3.24 bits per heavy atom. The molecule has 17 heavy (non-hydrogen) atoms. The molecule has 0 aromatic carbocycles. The third-order valence-corrected chi connectivity index (χ3v) is 4.14. The van der Waals surface area contributed by atoms with Crippen molar-refractivity contribution < 1.29 is 0 Å². The van der Waals surface area contributed by atoms with Crippen LogP contribution in [-0.2, 0) is 0 Å². The van der Waals surface area contributed by atoms with Crippen LogP contribution in [0.15, 0.2) is 11.6 Å². The van der Waals surface area contributed by atoms with Gasteiger partial charge in [0.2, 0.25) is 5.95 Å². The normalized spacial score (nSPS) is 20.3. The number of nitrogens with one attached hydrogen (secondary N) is 1. The molecule has 0 amide bonds. The largest absolute Gasteiger partial charge is 0.368 e. The predicted molar refractivity (Wildman–Crippen MR) is 71.5 cm³/mol. The van der Waals surface area contributed by atoms with Crippen molar-refractivity contribution in [3.8, 4) is 0 Å². The van der Waals surface area contributed by atoms with E-state index >= 15 is 0 Å². The summed E-state index contributed by atoms with van der Waals surface area (Å²) in [6.45, 7) is 2.10. The van der Waals surface area contributed by atoms with Gasteiger partial charge in [-0.25, -0.2) is 9.97 Å². The summed E-state index contributed by atoms with van der Waals surface area (Å²) < 4.78 is 1.10. The van der Waals surface area contributed by atoms with Crippen LogP contribution in [0.4, 0.5) is 11.6 Å². The molecule has 1 saturated heterocycles. The van der Waals surface area contributed by atoms with Crippen LogP contribution >= 0.6 is 11.3 Å². The molecule has 3 rings (SSSR count). The maximum absolute atomic E-state index is 5.66. The van der Waals surface area contributed by atoms with Gasteiger partial charge in [-0.15, -0.1) is 11.3 Å². The molecule has 1 atom stereocenters. The summed E-state index contributed by atoms with van der Waals surface area (Å²) in [6.07, 6.45) is 2.98. The van der Waals surface area contributed by atoms with Crippen molar-refractivity contribution >= 4 is 33.2 Å². The Bertz CT molecular complexity index is 538. The Labute approximate surface area is 104 Å². The fourth-order valence-electron chi connectivity index (χ4n) is 2.27. The lowest BCUT2D eigenvalue weighted by Crippen LogP contribution is -2.29. The topological polar surface area (TPSA) is 67.1 Å². The van der Waals surface area contributed by atoms with Gasteiger partial charge in [0.05, 0.1) is 16.6 Å². The summed E-state index contributed by atoms with van der Waals surface area (Å²) in [5.74, 6) is 0.349. The van der Waals surface area contributed by atoms with E-state index in [4.69, 9.17) is 5.73 Å². The summed E-state index contributed by atoms with van der Waals surface area (Å²) in [5.41, 5.74) is 7.83. The molecule has 0 saturated carbocycles. The van der Waals surface area contributed by atoms with Crippen LogP contribution in [0, 0.1) is 0 Å². The lowest BCUT2D eigenvalue weighted by Gasteiger charge is -2.17. The van der Waals surface area contributed by atoms with E-state index in [1.807, 2.05) is 7.05 Å². The molecule has 0 spiro atoms. The van der Waals surface area contributed by atoms with Crippen molar-refractivity contribution in [2.75, 3.05) is 30.8 Å². The minimum absolute atomic E-state index is 0.349. The monoisotopic (exact) mass is 249 g/mol. The minimum Gasteiger partial charge on any atom is -0.368 e. The first-order valence-corrected chi connectivity index (χ1v) is 6.58. The highest BCUT2D eigenvalue weighted by atomic mass is 32.1. The number of thiophene rings is 1. The molecular formula is C11H15N5S. The maximum atomic E-state index is 5.66. The van der Waals surface area contributed by atoms with Crippen molar-refractivity contribution in [3.63, 3.8) is 0 Å². The number of nitrogen functional groups attached to an aromatic ring is 1. The number of nitrogens with zero attached hydrogens (tertiary/aromatic N) is 3. The van der Waals surface area contributed by atoms with Crippen LogP contribution in [-0.4, -0.2) is 36.1 Å². The summed E-state index contributed by atoms with van der Waals surface area (Å²) >= 11 is 1.68. The Hall–Kier alpha value is -1.40. The first-order valence-electron chi connectivity index (χ1n) is 5.70. The second kappa shape index (κ2) is 4.12. The van der Waals surface area contributed by atoms with Gasteiger partial charge in [-0.05, 0) is 13.5 Å². The quantitative estimate of drug-likeness (QED) is 0.833.